The molecule has 0 aromatic heterocycles. The Morgan fingerprint density at radius 3 is 2.50 bits per heavy atom. The molecule has 1 saturated heterocycles. The summed E-state index contributed by atoms with van der Waals surface area (Å²) in [5, 5.41) is 6.61. The van der Waals surface area contributed by atoms with E-state index in [9.17, 15) is 4.79 Å². The second kappa shape index (κ2) is 6.55. The normalized spacial score (nSPS) is 32.7. The van der Waals surface area contributed by atoms with Crippen molar-refractivity contribution in [3.05, 3.63) is 0 Å². The van der Waals surface area contributed by atoms with Gasteiger partial charge in [-0.15, -0.1) is 0 Å². The van der Waals surface area contributed by atoms with E-state index in [0.29, 0.717) is 18.5 Å². The zero-order valence-corrected chi connectivity index (χ0v) is 11.9. The van der Waals surface area contributed by atoms with Gasteiger partial charge < -0.3 is 10.6 Å². The van der Waals surface area contributed by atoms with Crippen LogP contribution in [0, 0.1) is 11.8 Å². The lowest BCUT2D eigenvalue weighted by Crippen LogP contribution is -2.40. The van der Waals surface area contributed by atoms with Crippen molar-refractivity contribution in [1.82, 2.24) is 10.6 Å². The van der Waals surface area contributed by atoms with Crippen LogP contribution in [0.25, 0.3) is 0 Å². The van der Waals surface area contributed by atoms with Gasteiger partial charge in [-0.3, -0.25) is 4.79 Å². The van der Waals surface area contributed by atoms with Crippen molar-refractivity contribution in [3.8, 4) is 0 Å². The number of hydrogen-bond donors (Lipinski definition) is 2. The molecule has 1 saturated carbocycles. The fourth-order valence-corrected chi connectivity index (χ4v) is 3.37. The highest BCUT2D eigenvalue weighted by Crippen LogP contribution is 2.29. The van der Waals surface area contributed by atoms with Crippen molar-refractivity contribution in [1.29, 1.82) is 0 Å². The van der Waals surface area contributed by atoms with Crippen molar-refractivity contribution in [2.45, 2.75) is 70.9 Å². The third kappa shape index (κ3) is 3.98. The third-order valence-electron chi connectivity index (χ3n) is 4.67. The average Bonchev–Trinajstić information content (AvgIpc) is 2.82. The van der Waals surface area contributed by atoms with Gasteiger partial charge in [0.15, 0.2) is 0 Å². The molecule has 3 heteroatoms. The van der Waals surface area contributed by atoms with E-state index in [1.54, 1.807) is 0 Å². The molecule has 1 aliphatic carbocycles. The summed E-state index contributed by atoms with van der Waals surface area (Å²) in [6, 6.07) is 0.867. The summed E-state index contributed by atoms with van der Waals surface area (Å²) in [6.07, 6.45) is 7.96. The highest BCUT2D eigenvalue weighted by Gasteiger charge is 2.25. The Hall–Kier alpha value is -0.570. The molecule has 0 spiro atoms. The van der Waals surface area contributed by atoms with Crippen LogP contribution in [0.1, 0.15) is 58.8 Å². The molecule has 0 aromatic carbocycles. The van der Waals surface area contributed by atoms with E-state index in [4.69, 9.17) is 0 Å². The number of rotatable bonds is 4. The van der Waals surface area contributed by atoms with E-state index in [-0.39, 0.29) is 5.91 Å². The summed E-state index contributed by atoms with van der Waals surface area (Å²) in [7, 11) is 0. The maximum Gasteiger partial charge on any atom is 0.221 e. The second-order valence-corrected chi connectivity index (χ2v) is 6.42. The van der Waals surface area contributed by atoms with E-state index in [1.165, 1.54) is 32.1 Å². The summed E-state index contributed by atoms with van der Waals surface area (Å²) < 4.78 is 0. The van der Waals surface area contributed by atoms with E-state index >= 15 is 0 Å². The summed E-state index contributed by atoms with van der Waals surface area (Å²) in [5.41, 5.74) is 0. The zero-order chi connectivity index (χ0) is 13.0. The van der Waals surface area contributed by atoms with Crippen molar-refractivity contribution in [2.24, 2.45) is 11.8 Å². The molecule has 2 rings (SSSR count). The Kier molecular flexibility index (Phi) is 5.04. The fraction of sp³-hybridized carbons (Fsp3) is 0.933. The third-order valence-corrected chi connectivity index (χ3v) is 4.67. The first-order valence-electron chi connectivity index (χ1n) is 7.68. The molecule has 18 heavy (non-hydrogen) atoms. The minimum atomic E-state index is 0.252. The fourth-order valence-electron chi connectivity index (χ4n) is 3.37. The standard InChI is InChI=1S/C15H28N2O/c1-11(2)12-5-7-13(8-6-12)17-15(18)10-14-4-3-9-16-14/h11-14,16H,3-10H2,1-2H3,(H,17,18). The summed E-state index contributed by atoms with van der Waals surface area (Å²) in [6.45, 7) is 5.71. The first-order chi connectivity index (χ1) is 8.65. The number of carbonyl (C=O) groups is 1. The summed E-state index contributed by atoms with van der Waals surface area (Å²) >= 11 is 0. The van der Waals surface area contributed by atoms with Gasteiger partial charge in [0.1, 0.15) is 0 Å². The maximum absolute atomic E-state index is 11.9. The first-order valence-corrected chi connectivity index (χ1v) is 7.68. The largest absolute Gasteiger partial charge is 0.353 e. The van der Waals surface area contributed by atoms with Crippen LogP contribution >= 0.6 is 0 Å². The molecular weight excluding hydrogens is 224 g/mol. The topological polar surface area (TPSA) is 41.1 Å². The van der Waals surface area contributed by atoms with Crippen molar-refractivity contribution < 1.29 is 4.79 Å². The molecule has 104 valence electrons. The molecule has 1 amide bonds. The Morgan fingerprint density at radius 1 is 1.22 bits per heavy atom. The Labute approximate surface area is 111 Å². The van der Waals surface area contributed by atoms with E-state index in [0.717, 1.165) is 24.8 Å². The highest BCUT2D eigenvalue weighted by atomic mass is 16.1. The minimum Gasteiger partial charge on any atom is -0.353 e. The smallest absolute Gasteiger partial charge is 0.221 e. The van der Waals surface area contributed by atoms with E-state index < -0.39 is 0 Å². The first kappa shape index (κ1) is 13.9. The van der Waals surface area contributed by atoms with Crippen LogP contribution in [-0.4, -0.2) is 24.5 Å². The molecule has 2 fully saturated rings. The van der Waals surface area contributed by atoms with Crippen LogP contribution in [0.4, 0.5) is 0 Å². The van der Waals surface area contributed by atoms with Gasteiger partial charge in [-0.1, -0.05) is 13.8 Å². The highest BCUT2D eigenvalue weighted by molar-refractivity contribution is 5.76. The van der Waals surface area contributed by atoms with Crippen LogP contribution in [-0.2, 0) is 4.79 Å². The Balaban J connectivity index is 1.66. The lowest BCUT2D eigenvalue weighted by Gasteiger charge is -2.31. The molecule has 1 aliphatic heterocycles. The predicted octanol–water partition coefficient (Wildman–Crippen LogP) is 2.46. The van der Waals surface area contributed by atoms with Gasteiger partial charge in [0.25, 0.3) is 0 Å². The molecule has 1 unspecified atom stereocenters. The van der Waals surface area contributed by atoms with Gasteiger partial charge in [0.2, 0.25) is 5.91 Å². The molecule has 0 radical (unpaired) electrons. The average molecular weight is 252 g/mol. The van der Waals surface area contributed by atoms with Gasteiger partial charge in [-0.2, -0.15) is 0 Å². The van der Waals surface area contributed by atoms with E-state index in [1.807, 2.05) is 0 Å². The quantitative estimate of drug-likeness (QED) is 0.807. The lowest BCUT2D eigenvalue weighted by molar-refractivity contribution is -0.122. The second-order valence-electron chi connectivity index (χ2n) is 6.42. The summed E-state index contributed by atoms with van der Waals surface area (Å²) in [4.78, 5) is 11.9. The Morgan fingerprint density at radius 2 is 1.94 bits per heavy atom. The number of nitrogens with one attached hydrogen (secondary N) is 2. The monoisotopic (exact) mass is 252 g/mol. The number of hydrogen-bond acceptors (Lipinski definition) is 2. The van der Waals surface area contributed by atoms with Gasteiger partial charge >= 0.3 is 0 Å². The van der Waals surface area contributed by atoms with Crippen molar-refractivity contribution in [2.75, 3.05) is 6.54 Å². The van der Waals surface area contributed by atoms with Gasteiger partial charge in [0, 0.05) is 18.5 Å². The predicted molar refractivity (Wildman–Crippen MR) is 74.4 cm³/mol. The van der Waals surface area contributed by atoms with Gasteiger partial charge in [-0.25, -0.2) is 0 Å². The SMILES string of the molecule is CC(C)C1CCC(NC(=O)CC2CCCN2)CC1. The van der Waals surface area contributed by atoms with Crippen molar-refractivity contribution in [3.63, 3.8) is 0 Å². The molecule has 3 nitrogen and oxygen atoms in total. The number of amides is 1. The summed E-state index contributed by atoms with van der Waals surface area (Å²) in [5.74, 6) is 1.92. The minimum absolute atomic E-state index is 0.252. The molecule has 1 atom stereocenters. The molecule has 0 bridgehead atoms. The van der Waals surface area contributed by atoms with Crippen molar-refractivity contribution >= 4 is 5.91 Å². The van der Waals surface area contributed by atoms with Gasteiger partial charge in [-0.05, 0) is 56.9 Å². The molecule has 1 heterocycles. The van der Waals surface area contributed by atoms with E-state index in [2.05, 4.69) is 24.5 Å². The van der Waals surface area contributed by atoms with Crippen LogP contribution in [0.2, 0.25) is 0 Å². The zero-order valence-electron chi connectivity index (χ0n) is 11.9. The molecular formula is C15H28N2O. The number of carbonyl (C=O) groups excluding carboxylic acids is 1. The van der Waals surface area contributed by atoms with Crippen LogP contribution in [0.3, 0.4) is 0 Å². The van der Waals surface area contributed by atoms with Crippen LogP contribution < -0.4 is 10.6 Å². The lowest BCUT2D eigenvalue weighted by atomic mass is 9.79. The van der Waals surface area contributed by atoms with Crippen LogP contribution in [0.15, 0.2) is 0 Å². The molecule has 2 aliphatic rings. The van der Waals surface area contributed by atoms with Crippen LogP contribution in [0.5, 0.6) is 0 Å². The molecule has 2 N–H and O–H groups in total. The van der Waals surface area contributed by atoms with Gasteiger partial charge in [0.05, 0.1) is 0 Å². The Bertz CT molecular complexity index is 264. The maximum atomic E-state index is 11.9. The molecule has 0 aromatic rings.